The van der Waals surface area contributed by atoms with Crippen LogP contribution in [0.2, 0.25) is 0 Å². The first-order chi connectivity index (χ1) is 8.64. The minimum absolute atomic E-state index is 0.0418. The van der Waals surface area contributed by atoms with E-state index in [2.05, 4.69) is 39.4 Å². The molecule has 0 spiro atoms. The molecule has 0 amide bonds. The molecule has 0 heterocycles. The summed E-state index contributed by atoms with van der Waals surface area (Å²) in [6.07, 6.45) is 2.78. The summed E-state index contributed by atoms with van der Waals surface area (Å²) in [5, 5.41) is 22.5. The first-order valence-corrected chi connectivity index (χ1v) is 7.21. The second-order valence-corrected chi connectivity index (χ2v) is 5.94. The zero-order chi connectivity index (χ0) is 13.2. The van der Waals surface area contributed by atoms with Crippen LogP contribution < -0.4 is 5.32 Å². The predicted molar refractivity (Wildman–Crippen MR) is 75.5 cm³/mol. The van der Waals surface area contributed by atoms with Crippen LogP contribution in [0.3, 0.4) is 0 Å². The van der Waals surface area contributed by atoms with Crippen molar-refractivity contribution in [3.05, 3.63) is 33.8 Å². The van der Waals surface area contributed by atoms with Gasteiger partial charge in [0.15, 0.2) is 0 Å². The SMILES string of the molecule is CCC(CO)(CO)NC1CCc2ccc(Br)cc21. The number of hydrogen-bond donors (Lipinski definition) is 3. The van der Waals surface area contributed by atoms with E-state index < -0.39 is 5.54 Å². The smallest absolute Gasteiger partial charge is 0.0650 e. The molecule has 2 rings (SSSR count). The van der Waals surface area contributed by atoms with Gasteiger partial charge in [-0.1, -0.05) is 28.9 Å². The quantitative estimate of drug-likeness (QED) is 0.781. The van der Waals surface area contributed by atoms with Gasteiger partial charge in [0.25, 0.3) is 0 Å². The van der Waals surface area contributed by atoms with Gasteiger partial charge < -0.3 is 15.5 Å². The molecule has 0 aromatic heterocycles. The molecule has 4 heteroatoms. The number of fused-ring (bicyclic) bond motifs is 1. The van der Waals surface area contributed by atoms with E-state index in [0.717, 1.165) is 17.3 Å². The molecular formula is C14H20BrNO2. The monoisotopic (exact) mass is 313 g/mol. The Kier molecular flexibility index (Phi) is 4.43. The third-order valence-electron chi connectivity index (χ3n) is 3.95. The van der Waals surface area contributed by atoms with Gasteiger partial charge in [-0.2, -0.15) is 0 Å². The lowest BCUT2D eigenvalue weighted by Gasteiger charge is -2.33. The van der Waals surface area contributed by atoms with Gasteiger partial charge in [0.2, 0.25) is 0 Å². The zero-order valence-electron chi connectivity index (χ0n) is 10.6. The molecule has 1 aliphatic rings. The lowest BCUT2D eigenvalue weighted by atomic mass is 9.95. The maximum absolute atomic E-state index is 9.51. The van der Waals surface area contributed by atoms with Crippen molar-refractivity contribution in [1.29, 1.82) is 0 Å². The van der Waals surface area contributed by atoms with Crippen LogP contribution in [0.1, 0.15) is 36.9 Å². The summed E-state index contributed by atoms with van der Waals surface area (Å²) in [6, 6.07) is 6.56. The maximum atomic E-state index is 9.51. The summed E-state index contributed by atoms with van der Waals surface area (Å²) in [4.78, 5) is 0. The predicted octanol–water partition coefficient (Wildman–Crippen LogP) is 2.16. The van der Waals surface area contributed by atoms with Gasteiger partial charge in [-0.05, 0) is 42.5 Å². The molecule has 3 nitrogen and oxygen atoms in total. The fourth-order valence-corrected chi connectivity index (χ4v) is 2.94. The first kappa shape index (κ1) is 14.0. The van der Waals surface area contributed by atoms with Crippen molar-refractivity contribution in [3.63, 3.8) is 0 Å². The Balaban J connectivity index is 2.20. The van der Waals surface area contributed by atoms with Gasteiger partial charge in [-0.25, -0.2) is 0 Å². The maximum Gasteiger partial charge on any atom is 0.0650 e. The molecule has 0 fully saturated rings. The lowest BCUT2D eigenvalue weighted by molar-refractivity contribution is 0.0775. The van der Waals surface area contributed by atoms with Gasteiger partial charge in [0, 0.05) is 10.5 Å². The topological polar surface area (TPSA) is 52.5 Å². The van der Waals surface area contributed by atoms with E-state index in [-0.39, 0.29) is 19.3 Å². The minimum Gasteiger partial charge on any atom is -0.394 e. The van der Waals surface area contributed by atoms with Crippen LogP contribution in [0.5, 0.6) is 0 Å². The van der Waals surface area contributed by atoms with Crippen molar-refractivity contribution in [3.8, 4) is 0 Å². The van der Waals surface area contributed by atoms with Crippen molar-refractivity contribution >= 4 is 15.9 Å². The van der Waals surface area contributed by atoms with Crippen LogP contribution in [0, 0.1) is 0 Å². The second-order valence-electron chi connectivity index (χ2n) is 5.03. The molecule has 1 atom stereocenters. The van der Waals surface area contributed by atoms with Crippen LogP contribution in [-0.4, -0.2) is 29.0 Å². The molecule has 1 unspecified atom stereocenters. The summed E-state index contributed by atoms with van der Waals surface area (Å²) in [7, 11) is 0. The molecule has 1 aromatic carbocycles. The number of halogens is 1. The van der Waals surface area contributed by atoms with E-state index in [0.29, 0.717) is 6.42 Å². The number of nitrogens with one attached hydrogen (secondary N) is 1. The average Bonchev–Trinajstić information content (AvgIpc) is 2.78. The minimum atomic E-state index is -0.575. The molecule has 0 saturated carbocycles. The van der Waals surface area contributed by atoms with Gasteiger partial charge in [0.1, 0.15) is 0 Å². The van der Waals surface area contributed by atoms with Crippen molar-refractivity contribution < 1.29 is 10.2 Å². The van der Waals surface area contributed by atoms with Crippen LogP contribution in [-0.2, 0) is 6.42 Å². The van der Waals surface area contributed by atoms with Crippen molar-refractivity contribution in [2.75, 3.05) is 13.2 Å². The number of hydrogen-bond acceptors (Lipinski definition) is 3. The van der Waals surface area contributed by atoms with Crippen LogP contribution in [0.4, 0.5) is 0 Å². The molecule has 1 aliphatic carbocycles. The Bertz CT molecular complexity index is 410. The Morgan fingerprint density at radius 3 is 2.72 bits per heavy atom. The zero-order valence-corrected chi connectivity index (χ0v) is 12.2. The van der Waals surface area contributed by atoms with Crippen LogP contribution >= 0.6 is 15.9 Å². The highest BCUT2D eigenvalue weighted by molar-refractivity contribution is 9.10. The third-order valence-corrected chi connectivity index (χ3v) is 4.44. The average molecular weight is 314 g/mol. The van der Waals surface area contributed by atoms with E-state index in [1.165, 1.54) is 11.1 Å². The number of aliphatic hydroxyl groups excluding tert-OH is 2. The Labute approximate surface area is 116 Å². The van der Waals surface area contributed by atoms with Gasteiger partial charge in [-0.3, -0.25) is 0 Å². The highest BCUT2D eigenvalue weighted by Gasteiger charge is 2.32. The van der Waals surface area contributed by atoms with Gasteiger partial charge in [-0.15, -0.1) is 0 Å². The molecular weight excluding hydrogens is 294 g/mol. The summed E-state index contributed by atoms with van der Waals surface area (Å²) >= 11 is 3.50. The molecule has 0 bridgehead atoms. The third kappa shape index (κ3) is 2.62. The van der Waals surface area contributed by atoms with E-state index in [1.807, 2.05) is 6.92 Å². The standard InChI is InChI=1S/C14H20BrNO2/c1-2-14(8-17,9-18)16-13-6-4-10-3-5-11(15)7-12(10)13/h3,5,7,13,16-18H,2,4,6,8-9H2,1H3. The summed E-state index contributed by atoms with van der Waals surface area (Å²) in [6.45, 7) is 1.90. The summed E-state index contributed by atoms with van der Waals surface area (Å²) in [5.74, 6) is 0. The molecule has 18 heavy (non-hydrogen) atoms. The summed E-state index contributed by atoms with van der Waals surface area (Å²) in [5.41, 5.74) is 2.06. The van der Waals surface area contributed by atoms with E-state index in [1.54, 1.807) is 0 Å². The first-order valence-electron chi connectivity index (χ1n) is 6.42. The highest BCUT2D eigenvalue weighted by Crippen LogP contribution is 2.34. The molecule has 0 saturated heterocycles. The van der Waals surface area contributed by atoms with Crippen molar-refractivity contribution in [2.24, 2.45) is 0 Å². The Morgan fingerprint density at radius 1 is 1.39 bits per heavy atom. The molecule has 100 valence electrons. The molecule has 0 radical (unpaired) electrons. The van der Waals surface area contributed by atoms with Crippen LogP contribution in [0.25, 0.3) is 0 Å². The molecule has 0 aliphatic heterocycles. The normalized spacial score (nSPS) is 19.0. The number of aryl methyl sites for hydroxylation is 1. The van der Waals surface area contributed by atoms with E-state index in [9.17, 15) is 10.2 Å². The Morgan fingerprint density at radius 2 is 2.11 bits per heavy atom. The van der Waals surface area contributed by atoms with E-state index in [4.69, 9.17) is 0 Å². The molecule has 1 aromatic rings. The number of benzene rings is 1. The van der Waals surface area contributed by atoms with Gasteiger partial charge in [0.05, 0.1) is 18.8 Å². The van der Waals surface area contributed by atoms with Crippen molar-refractivity contribution in [2.45, 2.75) is 37.8 Å². The number of rotatable bonds is 5. The van der Waals surface area contributed by atoms with E-state index >= 15 is 0 Å². The lowest BCUT2D eigenvalue weighted by Crippen LogP contribution is -2.52. The molecule has 3 N–H and O–H groups in total. The van der Waals surface area contributed by atoms with Gasteiger partial charge >= 0.3 is 0 Å². The Hall–Kier alpha value is -0.420. The fraction of sp³-hybridized carbons (Fsp3) is 0.571. The summed E-state index contributed by atoms with van der Waals surface area (Å²) < 4.78 is 1.07. The fourth-order valence-electron chi connectivity index (χ4n) is 2.56. The highest BCUT2D eigenvalue weighted by atomic mass is 79.9. The second kappa shape index (κ2) is 5.70. The van der Waals surface area contributed by atoms with Crippen molar-refractivity contribution in [1.82, 2.24) is 5.32 Å². The number of aliphatic hydroxyl groups is 2. The van der Waals surface area contributed by atoms with Crippen LogP contribution in [0.15, 0.2) is 22.7 Å². The largest absolute Gasteiger partial charge is 0.394 e.